The Morgan fingerprint density at radius 3 is 2.33 bits per heavy atom. The zero-order valence-corrected chi connectivity index (χ0v) is 9.23. The first-order valence-electron chi connectivity index (χ1n) is 4.67. The van der Waals surface area contributed by atoms with Crippen molar-refractivity contribution in [3.63, 3.8) is 0 Å². The van der Waals surface area contributed by atoms with Crippen LogP contribution < -0.4 is 4.74 Å². The lowest BCUT2D eigenvalue weighted by atomic mass is 10.2. The van der Waals surface area contributed by atoms with Gasteiger partial charge < -0.3 is 9.64 Å². The monoisotopic (exact) mass is 205 g/mol. The Kier molecular flexibility index (Phi) is 3.92. The molecule has 0 atom stereocenters. The average molecular weight is 205 g/mol. The van der Waals surface area contributed by atoms with Crippen LogP contribution in [0, 0.1) is 0 Å². The third kappa shape index (κ3) is 3.46. The van der Waals surface area contributed by atoms with E-state index >= 15 is 0 Å². The van der Waals surface area contributed by atoms with Gasteiger partial charge in [0.25, 0.3) is 0 Å². The van der Waals surface area contributed by atoms with Gasteiger partial charge in [0.15, 0.2) is 0 Å². The highest BCUT2D eigenvalue weighted by atomic mass is 16.5. The molecule has 3 heteroatoms. The Hall–Kier alpha value is -1.77. The van der Waals surface area contributed by atoms with Crippen molar-refractivity contribution in [3.8, 4) is 5.75 Å². The highest BCUT2D eigenvalue weighted by molar-refractivity contribution is 5.91. The minimum absolute atomic E-state index is 0.0224. The number of likely N-dealkylation sites (N-methyl/N-ethyl adjacent to an activating group) is 1. The van der Waals surface area contributed by atoms with Crippen LogP contribution in [0.3, 0.4) is 0 Å². The van der Waals surface area contributed by atoms with Gasteiger partial charge in [0.05, 0.1) is 7.11 Å². The summed E-state index contributed by atoms with van der Waals surface area (Å²) in [5.74, 6) is 0.789. The molecule has 0 saturated carbocycles. The molecule has 0 radical (unpaired) electrons. The fourth-order valence-electron chi connectivity index (χ4n) is 1.03. The minimum Gasteiger partial charge on any atom is -0.497 e. The fraction of sp³-hybridized carbons (Fsp3) is 0.250. The average Bonchev–Trinajstić information content (AvgIpc) is 2.26. The lowest BCUT2D eigenvalue weighted by molar-refractivity contribution is -0.123. The molecule has 3 nitrogen and oxygen atoms in total. The molecule has 0 fully saturated rings. The molecular weight excluding hydrogens is 190 g/mol. The van der Waals surface area contributed by atoms with E-state index in [1.165, 1.54) is 4.90 Å². The number of carbonyl (C=O) groups excluding carboxylic acids is 1. The van der Waals surface area contributed by atoms with Crippen LogP contribution in [0.2, 0.25) is 0 Å². The van der Waals surface area contributed by atoms with Gasteiger partial charge in [-0.15, -0.1) is 0 Å². The van der Waals surface area contributed by atoms with Crippen LogP contribution in [0.5, 0.6) is 5.75 Å². The van der Waals surface area contributed by atoms with Crippen molar-refractivity contribution in [2.75, 3.05) is 21.2 Å². The first kappa shape index (κ1) is 11.3. The second-order valence-corrected chi connectivity index (χ2v) is 3.34. The van der Waals surface area contributed by atoms with E-state index in [2.05, 4.69) is 0 Å². The summed E-state index contributed by atoms with van der Waals surface area (Å²) in [6, 6.07) is 7.52. The van der Waals surface area contributed by atoms with Gasteiger partial charge in [-0.3, -0.25) is 4.79 Å². The van der Waals surface area contributed by atoms with Crippen LogP contribution in [-0.2, 0) is 4.79 Å². The van der Waals surface area contributed by atoms with Gasteiger partial charge in [-0.2, -0.15) is 0 Å². The Balaban J connectivity index is 2.69. The van der Waals surface area contributed by atoms with Gasteiger partial charge in [0.2, 0.25) is 5.91 Å². The maximum Gasteiger partial charge on any atom is 0.246 e. The normalized spacial score (nSPS) is 10.3. The smallest absolute Gasteiger partial charge is 0.246 e. The molecule has 0 heterocycles. The van der Waals surface area contributed by atoms with Gasteiger partial charge in [0, 0.05) is 20.2 Å². The summed E-state index contributed by atoms with van der Waals surface area (Å²) in [5, 5.41) is 0. The molecule has 15 heavy (non-hydrogen) atoms. The quantitative estimate of drug-likeness (QED) is 0.704. The second kappa shape index (κ2) is 5.20. The van der Waals surface area contributed by atoms with Crippen molar-refractivity contribution >= 4 is 12.0 Å². The molecule has 0 aliphatic rings. The number of nitrogens with zero attached hydrogens (tertiary/aromatic N) is 1. The number of hydrogen-bond donors (Lipinski definition) is 0. The lowest BCUT2D eigenvalue weighted by Crippen LogP contribution is -2.18. The summed E-state index contributed by atoms with van der Waals surface area (Å²) in [4.78, 5) is 12.8. The largest absolute Gasteiger partial charge is 0.497 e. The molecule has 0 aliphatic carbocycles. The van der Waals surface area contributed by atoms with Gasteiger partial charge in [0.1, 0.15) is 5.75 Å². The molecule has 1 aromatic rings. The van der Waals surface area contributed by atoms with Crippen molar-refractivity contribution < 1.29 is 9.53 Å². The Morgan fingerprint density at radius 1 is 1.27 bits per heavy atom. The number of ether oxygens (including phenoxy) is 1. The summed E-state index contributed by atoms with van der Waals surface area (Å²) in [5.41, 5.74) is 0.978. The van der Waals surface area contributed by atoms with E-state index < -0.39 is 0 Å². The number of benzene rings is 1. The van der Waals surface area contributed by atoms with E-state index in [4.69, 9.17) is 4.74 Å². The predicted octanol–water partition coefficient (Wildman–Crippen LogP) is 1.80. The summed E-state index contributed by atoms with van der Waals surface area (Å²) in [6.07, 6.45) is 3.32. The molecule has 0 spiro atoms. The predicted molar refractivity (Wildman–Crippen MR) is 60.7 cm³/mol. The van der Waals surface area contributed by atoms with Crippen LogP contribution in [0.25, 0.3) is 6.08 Å². The van der Waals surface area contributed by atoms with E-state index in [0.717, 1.165) is 11.3 Å². The molecule has 0 bridgehead atoms. The van der Waals surface area contributed by atoms with Crippen LogP contribution >= 0.6 is 0 Å². The molecule has 1 aromatic carbocycles. The van der Waals surface area contributed by atoms with Crippen LogP contribution in [0.4, 0.5) is 0 Å². The minimum atomic E-state index is -0.0224. The second-order valence-electron chi connectivity index (χ2n) is 3.34. The van der Waals surface area contributed by atoms with E-state index in [1.54, 1.807) is 33.4 Å². The molecular formula is C12H15NO2. The van der Waals surface area contributed by atoms with Crippen molar-refractivity contribution in [2.24, 2.45) is 0 Å². The highest BCUT2D eigenvalue weighted by Gasteiger charge is 1.96. The number of carbonyl (C=O) groups is 1. The van der Waals surface area contributed by atoms with Crippen LogP contribution in [0.15, 0.2) is 30.3 Å². The fourth-order valence-corrected chi connectivity index (χ4v) is 1.03. The number of rotatable bonds is 3. The highest BCUT2D eigenvalue weighted by Crippen LogP contribution is 2.12. The third-order valence-corrected chi connectivity index (χ3v) is 1.97. The van der Waals surface area contributed by atoms with Crippen molar-refractivity contribution in [2.45, 2.75) is 0 Å². The van der Waals surface area contributed by atoms with Gasteiger partial charge in [-0.25, -0.2) is 0 Å². The topological polar surface area (TPSA) is 29.5 Å². The maximum atomic E-state index is 11.3. The zero-order valence-electron chi connectivity index (χ0n) is 9.23. The van der Waals surface area contributed by atoms with E-state index in [9.17, 15) is 4.79 Å². The standard InChI is InChI=1S/C12H15NO2/c1-13(2)12(14)9-6-10-4-7-11(15-3)8-5-10/h4-9H,1-3H3. The van der Waals surface area contributed by atoms with Gasteiger partial charge in [-0.1, -0.05) is 12.1 Å². The molecule has 0 unspecified atom stereocenters. The van der Waals surface area contributed by atoms with E-state index in [1.807, 2.05) is 24.3 Å². The molecule has 0 N–H and O–H groups in total. The molecule has 0 saturated heterocycles. The number of amides is 1. The summed E-state index contributed by atoms with van der Waals surface area (Å²) < 4.78 is 5.03. The third-order valence-electron chi connectivity index (χ3n) is 1.97. The Morgan fingerprint density at radius 2 is 1.87 bits per heavy atom. The first-order valence-corrected chi connectivity index (χ1v) is 4.67. The van der Waals surface area contributed by atoms with Crippen molar-refractivity contribution in [1.82, 2.24) is 4.90 Å². The number of methoxy groups -OCH3 is 1. The van der Waals surface area contributed by atoms with Crippen molar-refractivity contribution in [3.05, 3.63) is 35.9 Å². The SMILES string of the molecule is COc1ccc(C=CC(=O)N(C)C)cc1. The summed E-state index contributed by atoms with van der Waals surface area (Å²) in [7, 11) is 5.07. The molecule has 1 rings (SSSR count). The van der Waals surface area contributed by atoms with Gasteiger partial charge in [-0.05, 0) is 23.8 Å². The first-order chi connectivity index (χ1) is 7.13. The molecule has 0 aliphatic heterocycles. The molecule has 80 valence electrons. The van der Waals surface area contributed by atoms with E-state index in [0.29, 0.717) is 0 Å². The lowest BCUT2D eigenvalue weighted by Gasteiger charge is -2.05. The van der Waals surface area contributed by atoms with Crippen LogP contribution in [0.1, 0.15) is 5.56 Å². The van der Waals surface area contributed by atoms with Gasteiger partial charge >= 0.3 is 0 Å². The van der Waals surface area contributed by atoms with E-state index in [-0.39, 0.29) is 5.91 Å². The number of hydrogen-bond acceptors (Lipinski definition) is 2. The molecule has 0 aromatic heterocycles. The molecule has 1 amide bonds. The van der Waals surface area contributed by atoms with Crippen LogP contribution in [-0.4, -0.2) is 32.0 Å². The maximum absolute atomic E-state index is 11.3. The Labute approximate surface area is 90.0 Å². The Bertz CT molecular complexity index is 352. The summed E-state index contributed by atoms with van der Waals surface area (Å²) >= 11 is 0. The van der Waals surface area contributed by atoms with Crippen molar-refractivity contribution in [1.29, 1.82) is 0 Å². The zero-order chi connectivity index (χ0) is 11.3. The summed E-state index contributed by atoms with van der Waals surface area (Å²) in [6.45, 7) is 0.